The third-order valence-corrected chi connectivity index (χ3v) is 6.31. The van der Waals surface area contributed by atoms with E-state index in [-0.39, 0.29) is 29.8 Å². The summed E-state index contributed by atoms with van der Waals surface area (Å²) in [6, 6.07) is 12.0. The van der Waals surface area contributed by atoms with E-state index >= 15 is 0 Å². The fraction of sp³-hybridized carbons (Fsp3) is 0.286. The van der Waals surface area contributed by atoms with Gasteiger partial charge in [-0.25, -0.2) is 12.8 Å². The van der Waals surface area contributed by atoms with Gasteiger partial charge in [0.05, 0.1) is 24.7 Å². The lowest BCUT2D eigenvalue weighted by Gasteiger charge is -2.26. The second kappa shape index (κ2) is 10.3. The van der Waals surface area contributed by atoms with Gasteiger partial charge in [-0.1, -0.05) is 12.1 Å². The lowest BCUT2D eigenvalue weighted by Crippen LogP contribution is -2.40. The van der Waals surface area contributed by atoms with Gasteiger partial charge in [-0.15, -0.1) is 0 Å². The van der Waals surface area contributed by atoms with Crippen LogP contribution in [0.4, 0.5) is 4.39 Å². The molecule has 1 heterocycles. The van der Waals surface area contributed by atoms with Gasteiger partial charge in [0, 0.05) is 19.2 Å². The van der Waals surface area contributed by atoms with Crippen LogP contribution in [0, 0.1) is 5.82 Å². The summed E-state index contributed by atoms with van der Waals surface area (Å²) in [6.45, 7) is 2.01. The maximum absolute atomic E-state index is 12.8. The summed E-state index contributed by atoms with van der Waals surface area (Å²) in [7, 11) is -3.54. The quantitative estimate of drug-likeness (QED) is 0.508. The van der Waals surface area contributed by atoms with Crippen LogP contribution in [-0.4, -0.2) is 58.1 Å². The monoisotopic (exact) mass is 434 g/mol. The smallest absolute Gasteiger partial charge is 0.244 e. The van der Waals surface area contributed by atoms with E-state index in [1.54, 1.807) is 18.2 Å². The summed E-state index contributed by atoms with van der Waals surface area (Å²) in [4.78, 5) is 12.1. The molecule has 1 aliphatic heterocycles. The second-order valence-corrected chi connectivity index (χ2v) is 8.45. The first kappa shape index (κ1) is 21.9. The number of sulfonamides is 1. The molecule has 0 radical (unpaired) electrons. The van der Waals surface area contributed by atoms with E-state index < -0.39 is 10.0 Å². The average molecular weight is 434 g/mol. The van der Waals surface area contributed by atoms with Crippen molar-refractivity contribution in [1.82, 2.24) is 9.62 Å². The maximum atomic E-state index is 12.8. The van der Waals surface area contributed by atoms with Crippen molar-refractivity contribution in [3.8, 4) is 5.75 Å². The number of nitrogens with zero attached hydrogens (tertiary/aromatic N) is 1. The summed E-state index contributed by atoms with van der Waals surface area (Å²) < 4.78 is 50.0. The highest BCUT2D eigenvalue weighted by Gasteiger charge is 2.25. The lowest BCUT2D eigenvalue weighted by atomic mass is 10.2. The van der Waals surface area contributed by atoms with Crippen molar-refractivity contribution in [2.75, 3.05) is 39.5 Å². The fourth-order valence-electron chi connectivity index (χ4n) is 2.79. The van der Waals surface area contributed by atoms with Crippen LogP contribution in [0.1, 0.15) is 5.56 Å². The highest BCUT2D eigenvalue weighted by atomic mass is 32.2. The number of carbonyl (C=O) groups is 1. The Bertz CT molecular complexity index is 969. The molecule has 2 aromatic carbocycles. The molecule has 30 heavy (non-hydrogen) atoms. The minimum Gasteiger partial charge on any atom is -0.492 e. The van der Waals surface area contributed by atoms with Gasteiger partial charge in [-0.3, -0.25) is 4.79 Å². The molecular weight excluding hydrogens is 411 g/mol. The SMILES string of the molecule is O=C(C=Cc1ccc(S(=O)(=O)N2CCOCC2)cc1)NCCOc1ccc(F)cc1. The normalized spacial score (nSPS) is 15.2. The molecule has 0 aliphatic carbocycles. The zero-order valence-electron chi connectivity index (χ0n) is 16.3. The van der Waals surface area contributed by atoms with E-state index in [0.29, 0.717) is 37.6 Å². The van der Waals surface area contributed by atoms with E-state index in [0.717, 1.165) is 0 Å². The number of ether oxygens (including phenoxy) is 2. The molecule has 1 aliphatic rings. The predicted molar refractivity (Wildman–Crippen MR) is 110 cm³/mol. The van der Waals surface area contributed by atoms with Crippen molar-refractivity contribution in [3.63, 3.8) is 0 Å². The van der Waals surface area contributed by atoms with E-state index in [1.807, 2.05) is 0 Å². The third-order valence-electron chi connectivity index (χ3n) is 4.40. The van der Waals surface area contributed by atoms with Gasteiger partial charge in [0.25, 0.3) is 0 Å². The number of hydrogen-bond acceptors (Lipinski definition) is 5. The van der Waals surface area contributed by atoms with Crippen molar-refractivity contribution in [3.05, 3.63) is 66.0 Å². The Kier molecular flexibility index (Phi) is 7.56. The van der Waals surface area contributed by atoms with Gasteiger partial charge < -0.3 is 14.8 Å². The first-order chi connectivity index (χ1) is 14.4. The topological polar surface area (TPSA) is 84.9 Å². The van der Waals surface area contributed by atoms with Crippen molar-refractivity contribution in [2.24, 2.45) is 0 Å². The number of benzene rings is 2. The highest BCUT2D eigenvalue weighted by Crippen LogP contribution is 2.18. The van der Waals surface area contributed by atoms with Gasteiger partial charge >= 0.3 is 0 Å². The Hall–Kier alpha value is -2.75. The molecule has 1 fully saturated rings. The first-order valence-electron chi connectivity index (χ1n) is 9.47. The van der Waals surface area contributed by atoms with E-state index in [9.17, 15) is 17.6 Å². The summed E-state index contributed by atoms with van der Waals surface area (Å²) in [5, 5.41) is 2.67. The molecule has 160 valence electrons. The van der Waals surface area contributed by atoms with Crippen molar-refractivity contribution >= 4 is 22.0 Å². The maximum Gasteiger partial charge on any atom is 0.244 e. The molecule has 0 atom stereocenters. The summed E-state index contributed by atoms with van der Waals surface area (Å²) in [5.41, 5.74) is 0.702. The predicted octanol–water partition coefficient (Wildman–Crippen LogP) is 2.05. The summed E-state index contributed by atoms with van der Waals surface area (Å²) in [5.74, 6) is -0.122. The Morgan fingerprint density at radius 1 is 1.10 bits per heavy atom. The van der Waals surface area contributed by atoms with E-state index in [2.05, 4.69) is 5.32 Å². The van der Waals surface area contributed by atoms with Crippen LogP contribution >= 0.6 is 0 Å². The van der Waals surface area contributed by atoms with Gasteiger partial charge in [-0.05, 0) is 48.0 Å². The lowest BCUT2D eigenvalue weighted by molar-refractivity contribution is -0.116. The minimum atomic E-state index is -3.54. The molecule has 3 rings (SSSR count). The van der Waals surface area contributed by atoms with E-state index in [1.165, 1.54) is 46.8 Å². The third kappa shape index (κ3) is 6.12. The molecule has 0 spiro atoms. The number of nitrogens with one attached hydrogen (secondary N) is 1. The molecule has 1 saturated heterocycles. The van der Waals surface area contributed by atoms with Crippen LogP contribution in [0.5, 0.6) is 5.75 Å². The Morgan fingerprint density at radius 3 is 2.43 bits per heavy atom. The molecule has 0 unspecified atom stereocenters. The highest BCUT2D eigenvalue weighted by molar-refractivity contribution is 7.89. The average Bonchev–Trinajstić information content (AvgIpc) is 2.77. The zero-order chi connectivity index (χ0) is 21.4. The zero-order valence-corrected chi connectivity index (χ0v) is 17.1. The molecule has 9 heteroatoms. The fourth-order valence-corrected chi connectivity index (χ4v) is 4.20. The molecule has 7 nitrogen and oxygen atoms in total. The largest absolute Gasteiger partial charge is 0.492 e. The number of hydrogen-bond donors (Lipinski definition) is 1. The number of halogens is 1. The van der Waals surface area contributed by atoms with Gasteiger partial charge in [0.1, 0.15) is 18.2 Å². The van der Waals surface area contributed by atoms with E-state index in [4.69, 9.17) is 9.47 Å². The van der Waals surface area contributed by atoms with Crippen molar-refractivity contribution in [2.45, 2.75) is 4.90 Å². The molecule has 0 saturated carbocycles. The number of morpholine rings is 1. The molecule has 1 amide bonds. The second-order valence-electron chi connectivity index (χ2n) is 6.51. The molecule has 2 aromatic rings. The van der Waals surface area contributed by atoms with Crippen molar-refractivity contribution in [1.29, 1.82) is 0 Å². The Labute approximate surface area is 175 Å². The van der Waals surface area contributed by atoms with Crippen LogP contribution in [-0.2, 0) is 19.6 Å². The van der Waals surface area contributed by atoms with Crippen LogP contribution in [0.3, 0.4) is 0 Å². The van der Waals surface area contributed by atoms with Gasteiger partial charge in [0.2, 0.25) is 15.9 Å². The number of amides is 1. The number of carbonyl (C=O) groups excluding carboxylic acids is 1. The minimum absolute atomic E-state index is 0.212. The standard InChI is InChI=1S/C21H23FN2O5S/c22-18-4-6-19(7-5-18)29-14-11-23-21(25)10-3-17-1-8-20(9-2-17)30(26,27)24-12-15-28-16-13-24/h1-10H,11-16H2,(H,23,25). The summed E-state index contributed by atoms with van der Waals surface area (Å²) >= 11 is 0. The van der Waals surface area contributed by atoms with Crippen LogP contribution < -0.4 is 10.1 Å². The first-order valence-corrected chi connectivity index (χ1v) is 10.9. The van der Waals surface area contributed by atoms with Crippen molar-refractivity contribution < 1.29 is 27.1 Å². The van der Waals surface area contributed by atoms with Gasteiger partial charge in [0.15, 0.2) is 0 Å². The Morgan fingerprint density at radius 2 is 1.77 bits per heavy atom. The van der Waals surface area contributed by atoms with Crippen LogP contribution in [0.2, 0.25) is 0 Å². The number of rotatable bonds is 8. The molecule has 0 aromatic heterocycles. The van der Waals surface area contributed by atoms with Crippen LogP contribution in [0.25, 0.3) is 6.08 Å². The van der Waals surface area contributed by atoms with Gasteiger partial charge in [-0.2, -0.15) is 4.31 Å². The molecule has 1 N–H and O–H groups in total. The van der Waals surface area contributed by atoms with Crippen LogP contribution in [0.15, 0.2) is 59.5 Å². The molecular formula is C21H23FN2O5S. The Balaban J connectivity index is 1.46. The molecule has 0 bridgehead atoms. The summed E-state index contributed by atoms with van der Waals surface area (Å²) in [6.07, 6.45) is 2.96.